The van der Waals surface area contributed by atoms with Crippen LogP contribution < -0.4 is 0 Å². The second-order valence-electron chi connectivity index (χ2n) is 5.29. The van der Waals surface area contributed by atoms with E-state index in [0.29, 0.717) is 16.8 Å². The number of hydrogen-bond donors (Lipinski definition) is 0. The highest BCUT2D eigenvalue weighted by molar-refractivity contribution is 8.17. The van der Waals surface area contributed by atoms with Crippen LogP contribution in [0.15, 0.2) is 36.1 Å². The number of rotatable bonds is 6. The second kappa shape index (κ2) is 8.85. The molecule has 1 atom stereocenters. The van der Waals surface area contributed by atoms with Crippen molar-refractivity contribution in [3.05, 3.63) is 36.1 Å². The number of thioether (sulfide) groups is 2. The van der Waals surface area contributed by atoms with Crippen LogP contribution in [0.5, 0.6) is 0 Å². The Hall–Kier alpha value is -0.650. The van der Waals surface area contributed by atoms with Gasteiger partial charge in [-0.2, -0.15) is 0 Å². The third kappa shape index (κ3) is 4.67. The Balaban J connectivity index is 1.91. The van der Waals surface area contributed by atoms with Gasteiger partial charge in [-0.15, -0.1) is 23.5 Å². The Morgan fingerprint density at radius 1 is 1.41 bits per heavy atom. The molecule has 0 bridgehead atoms. The van der Waals surface area contributed by atoms with Crippen molar-refractivity contribution in [2.24, 2.45) is 0 Å². The lowest BCUT2D eigenvalue weighted by Crippen LogP contribution is -2.41. The predicted octanol–water partition coefficient (Wildman–Crippen LogP) is 4.31. The van der Waals surface area contributed by atoms with E-state index in [1.807, 2.05) is 54.8 Å². The summed E-state index contributed by atoms with van der Waals surface area (Å²) in [6.45, 7) is 2.04. The molecule has 0 saturated carbocycles. The first kappa shape index (κ1) is 17.7. The standard InChI is InChI=1S/C17H24O3S2/c1-3-4-5-7-15(18)20-14-8-10-17(19-2,11-9-14)16-21-12-6-13-22-16/h4-5,8-10,16H,3,6-7,11-13H2,1-2H3/b5-4-. The van der Waals surface area contributed by atoms with Crippen LogP contribution >= 0.6 is 23.5 Å². The van der Waals surface area contributed by atoms with E-state index >= 15 is 0 Å². The van der Waals surface area contributed by atoms with Crippen LogP contribution in [0.25, 0.3) is 0 Å². The summed E-state index contributed by atoms with van der Waals surface area (Å²) in [6.07, 6.45) is 13.0. The Labute approximate surface area is 141 Å². The van der Waals surface area contributed by atoms with E-state index < -0.39 is 0 Å². The fourth-order valence-electron chi connectivity index (χ4n) is 2.41. The zero-order chi connectivity index (χ0) is 15.8. The lowest BCUT2D eigenvalue weighted by molar-refractivity contribution is -0.138. The molecule has 1 unspecified atom stereocenters. The SMILES string of the molecule is CC/C=C\CC(=O)OC1=CCC(OC)(C2SCCCS2)C=C1. The molecule has 1 heterocycles. The summed E-state index contributed by atoms with van der Waals surface area (Å²) in [5.41, 5.74) is -0.284. The van der Waals surface area contributed by atoms with Crippen molar-refractivity contribution in [3.8, 4) is 0 Å². The van der Waals surface area contributed by atoms with Crippen LogP contribution in [-0.4, -0.2) is 34.8 Å². The minimum absolute atomic E-state index is 0.216. The van der Waals surface area contributed by atoms with Gasteiger partial charge in [-0.3, -0.25) is 4.79 Å². The van der Waals surface area contributed by atoms with Gasteiger partial charge >= 0.3 is 5.97 Å². The van der Waals surface area contributed by atoms with E-state index in [0.717, 1.165) is 12.8 Å². The maximum atomic E-state index is 11.7. The third-order valence-corrected chi connectivity index (χ3v) is 6.95. The van der Waals surface area contributed by atoms with Gasteiger partial charge in [0, 0.05) is 13.5 Å². The van der Waals surface area contributed by atoms with E-state index in [2.05, 4.69) is 6.08 Å². The van der Waals surface area contributed by atoms with Gasteiger partial charge in [0.05, 0.1) is 11.0 Å². The summed E-state index contributed by atoms with van der Waals surface area (Å²) in [5.74, 6) is 2.79. The van der Waals surface area contributed by atoms with Crippen molar-refractivity contribution in [1.29, 1.82) is 0 Å². The van der Waals surface area contributed by atoms with E-state index in [4.69, 9.17) is 9.47 Å². The molecule has 0 aromatic carbocycles. The van der Waals surface area contributed by atoms with Gasteiger partial charge in [0.1, 0.15) is 11.4 Å². The van der Waals surface area contributed by atoms with Crippen LogP contribution in [0, 0.1) is 0 Å². The Bertz CT molecular complexity index is 465. The number of carbonyl (C=O) groups is 1. The van der Waals surface area contributed by atoms with Gasteiger partial charge in [0.2, 0.25) is 0 Å². The van der Waals surface area contributed by atoms with Crippen molar-refractivity contribution in [1.82, 2.24) is 0 Å². The number of allylic oxidation sites excluding steroid dienone is 2. The third-order valence-electron chi connectivity index (χ3n) is 3.68. The molecule has 3 nitrogen and oxygen atoms in total. The van der Waals surface area contributed by atoms with Crippen LogP contribution in [-0.2, 0) is 14.3 Å². The molecule has 0 radical (unpaired) electrons. The summed E-state index contributed by atoms with van der Waals surface area (Å²) in [7, 11) is 1.76. The van der Waals surface area contributed by atoms with Crippen molar-refractivity contribution in [3.63, 3.8) is 0 Å². The molecule has 0 aromatic rings. The molecule has 2 aliphatic rings. The Morgan fingerprint density at radius 2 is 2.18 bits per heavy atom. The Morgan fingerprint density at radius 3 is 2.77 bits per heavy atom. The van der Waals surface area contributed by atoms with Crippen LogP contribution in [0.4, 0.5) is 0 Å². The molecule has 0 amide bonds. The number of hydrogen-bond acceptors (Lipinski definition) is 5. The van der Waals surface area contributed by atoms with E-state index in [-0.39, 0.29) is 11.6 Å². The average Bonchev–Trinajstić information content (AvgIpc) is 2.57. The monoisotopic (exact) mass is 340 g/mol. The number of ether oxygens (including phenoxy) is 2. The molecule has 2 rings (SSSR count). The van der Waals surface area contributed by atoms with Crippen molar-refractivity contribution in [2.75, 3.05) is 18.6 Å². The zero-order valence-electron chi connectivity index (χ0n) is 13.2. The Kier molecular flexibility index (Phi) is 7.12. The first-order chi connectivity index (χ1) is 10.7. The van der Waals surface area contributed by atoms with Gasteiger partial charge in [0.25, 0.3) is 0 Å². The van der Waals surface area contributed by atoms with Gasteiger partial charge in [-0.1, -0.05) is 19.1 Å². The van der Waals surface area contributed by atoms with Crippen LogP contribution in [0.1, 0.15) is 32.6 Å². The van der Waals surface area contributed by atoms with Crippen molar-refractivity contribution < 1.29 is 14.3 Å². The molecule has 1 aliphatic heterocycles. The largest absolute Gasteiger partial charge is 0.427 e. The highest BCUT2D eigenvalue weighted by atomic mass is 32.2. The minimum atomic E-state index is -0.284. The van der Waals surface area contributed by atoms with Crippen LogP contribution in [0.3, 0.4) is 0 Å². The molecular formula is C17H24O3S2. The van der Waals surface area contributed by atoms with E-state index in [1.54, 1.807) is 7.11 Å². The predicted molar refractivity (Wildman–Crippen MR) is 95.0 cm³/mol. The summed E-state index contributed by atoms with van der Waals surface area (Å²) in [5, 5.41) is 0. The zero-order valence-corrected chi connectivity index (χ0v) is 14.9. The first-order valence-corrected chi connectivity index (χ1v) is 9.83. The lowest BCUT2D eigenvalue weighted by atomic mass is 9.96. The smallest absolute Gasteiger partial charge is 0.315 e. The molecule has 1 saturated heterocycles. The summed E-state index contributed by atoms with van der Waals surface area (Å²) in [6, 6.07) is 0. The molecule has 1 aliphatic carbocycles. The molecule has 1 fully saturated rings. The molecule has 0 aromatic heterocycles. The topological polar surface area (TPSA) is 35.5 Å². The van der Waals surface area contributed by atoms with E-state index in [9.17, 15) is 4.79 Å². The van der Waals surface area contributed by atoms with Crippen molar-refractivity contribution in [2.45, 2.75) is 42.8 Å². The summed E-state index contributed by atoms with van der Waals surface area (Å²) >= 11 is 3.92. The highest BCUT2D eigenvalue weighted by Crippen LogP contribution is 2.44. The maximum Gasteiger partial charge on any atom is 0.315 e. The molecule has 122 valence electrons. The quantitative estimate of drug-likeness (QED) is 0.532. The normalized spacial score (nSPS) is 26.2. The second-order valence-corrected chi connectivity index (χ2v) is 8.01. The summed E-state index contributed by atoms with van der Waals surface area (Å²) in [4.78, 5) is 11.7. The number of esters is 1. The average molecular weight is 341 g/mol. The molecule has 0 N–H and O–H groups in total. The van der Waals surface area contributed by atoms with Crippen molar-refractivity contribution >= 4 is 29.5 Å². The summed E-state index contributed by atoms with van der Waals surface area (Å²) < 4.78 is 11.6. The first-order valence-electron chi connectivity index (χ1n) is 7.73. The molecular weight excluding hydrogens is 316 g/mol. The van der Waals surface area contributed by atoms with E-state index in [1.165, 1.54) is 17.9 Å². The van der Waals surface area contributed by atoms with Gasteiger partial charge in [0.15, 0.2) is 0 Å². The number of carbonyl (C=O) groups excluding carboxylic acids is 1. The fraction of sp³-hybridized carbons (Fsp3) is 0.588. The number of methoxy groups -OCH3 is 1. The molecule has 22 heavy (non-hydrogen) atoms. The molecule has 5 heteroatoms. The maximum absolute atomic E-state index is 11.7. The minimum Gasteiger partial charge on any atom is -0.427 e. The fourth-order valence-corrected chi connectivity index (χ4v) is 5.71. The lowest BCUT2D eigenvalue weighted by Gasteiger charge is -2.39. The molecule has 0 spiro atoms. The van der Waals surface area contributed by atoms with Gasteiger partial charge in [-0.25, -0.2) is 0 Å². The highest BCUT2D eigenvalue weighted by Gasteiger charge is 2.39. The van der Waals surface area contributed by atoms with Gasteiger partial charge in [-0.05, 0) is 42.6 Å². The van der Waals surface area contributed by atoms with Crippen LogP contribution in [0.2, 0.25) is 0 Å². The van der Waals surface area contributed by atoms with Gasteiger partial charge < -0.3 is 9.47 Å².